The van der Waals surface area contributed by atoms with Crippen LogP contribution in [0.5, 0.6) is 5.75 Å². The Morgan fingerprint density at radius 2 is 2.03 bits per heavy atom. The highest BCUT2D eigenvalue weighted by Gasteiger charge is 2.20. The lowest BCUT2D eigenvalue weighted by Gasteiger charge is -2.18. The van der Waals surface area contributed by atoms with Gasteiger partial charge in [0.1, 0.15) is 17.4 Å². The lowest BCUT2D eigenvalue weighted by molar-refractivity contribution is -0.113. The maximum atomic E-state index is 12.4. The van der Waals surface area contributed by atoms with Crippen LogP contribution in [0.2, 0.25) is 10.0 Å². The number of carbonyl (C=O) groups excluding carboxylic acids is 1. The van der Waals surface area contributed by atoms with Gasteiger partial charge in [0, 0.05) is 24.1 Å². The van der Waals surface area contributed by atoms with E-state index in [4.69, 9.17) is 27.9 Å². The molecule has 32 heavy (non-hydrogen) atoms. The number of nitrogens with zero attached hydrogens (tertiary/aromatic N) is 5. The van der Waals surface area contributed by atoms with Gasteiger partial charge in [-0.2, -0.15) is 0 Å². The highest BCUT2D eigenvalue weighted by Crippen LogP contribution is 2.35. The molecule has 2 aromatic heterocycles. The molecule has 1 amide bonds. The summed E-state index contributed by atoms with van der Waals surface area (Å²) < 4.78 is 7.49. The van der Waals surface area contributed by atoms with Crippen molar-refractivity contribution in [2.24, 2.45) is 7.05 Å². The summed E-state index contributed by atoms with van der Waals surface area (Å²) in [5, 5.41) is 22.7. The van der Waals surface area contributed by atoms with E-state index in [1.54, 1.807) is 22.8 Å². The van der Waals surface area contributed by atoms with E-state index < -0.39 is 0 Å². The molecule has 0 saturated heterocycles. The molecule has 1 aliphatic rings. The second kappa shape index (κ2) is 10.8. The van der Waals surface area contributed by atoms with Crippen LogP contribution in [0.4, 0.5) is 5.13 Å². The third-order valence-electron chi connectivity index (χ3n) is 5.15. The van der Waals surface area contributed by atoms with Crippen molar-refractivity contribution in [3.05, 3.63) is 39.1 Å². The molecule has 0 aliphatic heterocycles. The van der Waals surface area contributed by atoms with Crippen molar-refractivity contribution in [3.8, 4) is 5.75 Å². The Bertz CT molecular complexity index is 1080. The van der Waals surface area contributed by atoms with Gasteiger partial charge in [-0.05, 0) is 25.0 Å². The van der Waals surface area contributed by atoms with E-state index in [-0.39, 0.29) is 18.3 Å². The minimum absolute atomic E-state index is 0.159. The van der Waals surface area contributed by atoms with Crippen molar-refractivity contribution in [2.45, 2.75) is 49.8 Å². The van der Waals surface area contributed by atoms with Crippen LogP contribution in [0, 0.1) is 0 Å². The fourth-order valence-corrected chi connectivity index (χ4v) is 5.40. The van der Waals surface area contributed by atoms with E-state index in [0.29, 0.717) is 37.8 Å². The summed E-state index contributed by atoms with van der Waals surface area (Å²) in [5.41, 5.74) is 0. The van der Waals surface area contributed by atoms with Crippen LogP contribution in [0.3, 0.4) is 0 Å². The Kier molecular flexibility index (Phi) is 7.88. The van der Waals surface area contributed by atoms with Gasteiger partial charge in [0.25, 0.3) is 0 Å². The molecule has 1 fully saturated rings. The van der Waals surface area contributed by atoms with E-state index in [1.165, 1.54) is 42.4 Å². The molecule has 3 aromatic rings. The van der Waals surface area contributed by atoms with Crippen molar-refractivity contribution in [2.75, 3.05) is 11.1 Å². The molecule has 0 bridgehead atoms. The first-order valence-electron chi connectivity index (χ1n) is 10.2. The van der Waals surface area contributed by atoms with E-state index in [2.05, 4.69) is 25.7 Å². The van der Waals surface area contributed by atoms with Gasteiger partial charge in [-0.25, -0.2) is 0 Å². The molecule has 0 spiro atoms. The van der Waals surface area contributed by atoms with Crippen LogP contribution in [0.15, 0.2) is 23.4 Å². The van der Waals surface area contributed by atoms with Crippen LogP contribution in [-0.4, -0.2) is 36.6 Å². The topological polar surface area (TPSA) is 94.8 Å². The van der Waals surface area contributed by atoms with E-state index in [0.717, 1.165) is 17.8 Å². The zero-order valence-electron chi connectivity index (χ0n) is 17.4. The molecule has 170 valence electrons. The molecule has 1 saturated carbocycles. The van der Waals surface area contributed by atoms with Crippen LogP contribution in [-0.2, 0) is 18.4 Å². The van der Waals surface area contributed by atoms with Crippen molar-refractivity contribution in [1.82, 2.24) is 25.0 Å². The Morgan fingerprint density at radius 3 is 2.84 bits per heavy atom. The smallest absolute Gasteiger partial charge is 0.236 e. The molecule has 12 heteroatoms. The molecule has 0 atom stereocenters. The Hall–Kier alpha value is -1.88. The molecule has 1 aliphatic carbocycles. The van der Waals surface area contributed by atoms with E-state index in [9.17, 15) is 4.79 Å². The number of nitrogens with one attached hydrogen (secondary N) is 1. The van der Waals surface area contributed by atoms with Crippen molar-refractivity contribution in [1.29, 1.82) is 0 Å². The molecule has 4 rings (SSSR count). The van der Waals surface area contributed by atoms with E-state index in [1.807, 2.05) is 7.05 Å². The number of amides is 1. The summed E-state index contributed by atoms with van der Waals surface area (Å²) in [5.74, 6) is 1.58. The maximum absolute atomic E-state index is 12.4. The quantitative estimate of drug-likeness (QED) is 0.407. The molecule has 0 unspecified atom stereocenters. The largest absolute Gasteiger partial charge is 0.484 e. The summed E-state index contributed by atoms with van der Waals surface area (Å²) in [6.07, 6.45) is 6.07. The van der Waals surface area contributed by atoms with Crippen molar-refractivity contribution >= 4 is 57.3 Å². The normalized spacial score (nSPS) is 14.5. The number of hydrogen-bond acceptors (Lipinski definition) is 8. The number of ether oxygens (including phenoxy) is 1. The number of aromatic nitrogens is 5. The van der Waals surface area contributed by atoms with Gasteiger partial charge in [0.05, 0.1) is 10.8 Å². The van der Waals surface area contributed by atoms with Crippen LogP contribution < -0.4 is 10.1 Å². The maximum Gasteiger partial charge on any atom is 0.236 e. The average molecular weight is 513 g/mol. The molecule has 8 nitrogen and oxygen atoms in total. The Balaban J connectivity index is 1.27. The average Bonchev–Trinajstić information content (AvgIpc) is 3.40. The minimum Gasteiger partial charge on any atom is -0.484 e. The molecule has 1 aromatic carbocycles. The number of thioether (sulfide) groups is 1. The molecule has 1 N–H and O–H groups in total. The van der Waals surface area contributed by atoms with Gasteiger partial charge in [0.15, 0.2) is 11.0 Å². The summed E-state index contributed by atoms with van der Waals surface area (Å²) in [6.45, 7) is 0.172. The van der Waals surface area contributed by atoms with Gasteiger partial charge in [-0.15, -0.1) is 20.4 Å². The summed E-state index contributed by atoms with van der Waals surface area (Å²) in [7, 11) is 1.82. The fraction of sp³-hybridized carbons (Fsp3) is 0.450. The second-order valence-corrected chi connectivity index (χ2v) is 10.2. The monoisotopic (exact) mass is 512 g/mol. The van der Waals surface area contributed by atoms with Gasteiger partial charge < -0.3 is 9.30 Å². The predicted octanol–water partition coefficient (Wildman–Crippen LogP) is 5.33. The number of hydrogen-bond donors (Lipinski definition) is 1. The number of carbonyl (C=O) groups is 1. The summed E-state index contributed by atoms with van der Waals surface area (Å²) in [6, 6.07) is 5.01. The Labute approximate surface area is 204 Å². The van der Waals surface area contributed by atoms with Crippen LogP contribution in [0.1, 0.15) is 48.9 Å². The Morgan fingerprint density at radius 1 is 1.22 bits per heavy atom. The first-order chi connectivity index (χ1) is 15.5. The van der Waals surface area contributed by atoms with Crippen LogP contribution in [0.25, 0.3) is 0 Å². The minimum atomic E-state index is -0.159. The highest BCUT2D eigenvalue weighted by atomic mass is 35.5. The number of halogens is 2. The number of rotatable bonds is 8. The van der Waals surface area contributed by atoms with Gasteiger partial charge in [-0.1, -0.05) is 65.6 Å². The molecule has 2 heterocycles. The fourth-order valence-electron chi connectivity index (χ4n) is 3.41. The van der Waals surface area contributed by atoms with Gasteiger partial charge in [-0.3, -0.25) is 10.1 Å². The van der Waals surface area contributed by atoms with Crippen molar-refractivity contribution in [3.63, 3.8) is 0 Å². The van der Waals surface area contributed by atoms with Gasteiger partial charge in [0.2, 0.25) is 11.0 Å². The van der Waals surface area contributed by atoms with Crippen molar-refractivity contribution < 1.29 is 9.53 Å². The number of anilines is 1. The highest BCUT2D eigenvalue weighted by molar-refractivity contribution is 7.99. The standard InChI is InChI=1S/C20H22Cl2N6O2S2/c1-28-16(10-30-15-9-13(21)7-8-14(15)22)24-27-20(28)31-11-17(29)23-19-26-25-18(32-19)12-5-3-2-4-6-12/h7-9,12H,2-6,10-11H2,1H3,(H,23,26,29). The zero-order chi connectivity index (χ0) is 22.5. The lowest BCUT2D eigenvalue weighted by Crippen LogP contribution is -2.14. The lowest BCUT2D eigenvalue weighted by atomic mass is 9.90. The molecular weight excluding hydrogens is 491 g/mol. The first-order valence-corrected chi connectivity index (χ1v) is 12.8. The second-order valence-electron chi connectivity index (χ2n) is 7.44. The third kappa shape index (κ3) is 5.92. The zero-order valence-corrected chi connectivity index (χ0v) is 20.5. The first kappa shape index (κ1) is 23.3. The van der Waals surface area contributed by atoms with Gasteiger partial charge >= 0.3 is 0 Å². The van der Waals surface area contributed by atoms with E-state index >= 15 is 0 Å². The summed E-state index contributed by atoms with van der Waals surface area (Å²) in [4.78, 5) is 12.4. The number of benzene rings is 1. The predicted molar refractivity (Wildman–Crippen MR) is 127 cm³/mol. The molecular formula is C20H22Cl2N6O2S2. The summed E-state index contributed by atoms with van der Waals surface area (Å²) >= 11 is 14.9. The molecule has 0 radical (unpaired) electrons. The van der Waals surface area contributed by atoms with Crippen LogP contribution >= 0.6 is 46.3 Å². The third-order valence-corrected chi connectivity index (χ3v) is 7.72. The SMILES string of the molecule is Cn1c(COc2cc(Cl)ccc2Cl)nnc1SCC(=O)Nc1nnc(C2CCCCC2)s1.